The number of hydrogen-bond donors (Lipinski definition) is 1. The van der Waals surface area contributed by atoms with Gasteiger partial charge in [-0.05, 0) is 6.07 Å². The van der Waals surface area contributed by atoms with Crippen molar-refractivity contribution in [3.8, 4) is 0 Å². The minimum Gasteiger partial charge on any atom is -0.425 e. The number of rotatable bonds is 1. The fourth-order valence-corrected chi connectivity index (χ4v) is 1.65. The molecular formula is C11H12O3. The molecule has 14 heavy (non-hydrogen) atoms. The van der Waals surface area contributed by atoms with Crippen LogP contribution < -0.4 is 0 Å². The quantitative estimate of drug-likeness (QED) is 0.688. The van der Waals surface area contributed by atoms with Crippen LogP contribution in [0.15, 0.2) is 24.3 Å². The van der Waals surface area contributed by atoms with E-state index in [2.05, 4.69) is 0 Å². The number of benzene rings is 1. The Balaban J connectivity index is 2.59. The predicted molar refractivity (Wildman–Crippen MR) is 50.6 cm³/mol. The highest BCUT2D eigenvalue weighted by Gasteiger charge is 2.46. The lowest BCUT2D eigenvalue weighted by molar-refractivity contribution is -0.193. The number of hydrogen-bond acceptors (Lipinski definition) is 3. The Morgan fingerprint density at radius 2 is 2.00 bits per heavy atom. The zero-order valence-electron chi connectivity index (χ0n) is 8.15. The zero-order chi connectivity index (χ0) is 10.3. The van der Waals surface area contributed by atoms with E-state index in [0.717, 1.165) is 0 Å². The number of carbonyl (C=O) groups excluding carboxylic acids is 1. The summed E-state index contributed by atoms with van der Waals surface area (Å²) in [5.74, 6) is -2.06. The maximum absolute atomic E-state index is 11.4. The standard InChI is InChI=1S/C11H12O3/c1-7(2)11(13)9-6-4-3-5-8(9)10(12)14-11/h3-7,13H,1-2H3/t11-/m0/s1. The van der Waals surface area contributed by atoms with Crippen molar-refractivity contribution < 1.29 is 14.6 Å². The minimum absolute atomic E-state index is 0.157. The van der Waals surface area contributed by atoms with E-state index < -0.39 is 11.8 Å². The van der Waals surface area contributed by atoms with Crippen molar-refractivity contribution in [3.05, 3.63) is 35.4 Å². The number of esters is 1. The predicted octanol–water partition coefficient (Wildman–Crippen LogP) is 1.66. The molecule has 0 spiro atoms. The summed E-state index contributed by atoms with van der Waals surface area (Å²) >= 11 is 0. The van der Waals surface area contributed by atoms with Gasteiger partial charge in [-0.3, -0.25) is 0 Å². The molecule has 2 rings (SSSR count). The number of carbonyl (C=O) groups is 1. The second-order valence-corrected chi connectivity index (χ2v) is 3.79. The highest BCUT2D eigenvalue weighted by Crippen LogP contribution is 2.39. The number of ether oxygens (including phenoxy) is 1. The van der Waals surface area contributed by atoms with Crippen LogP contribution in [-0.4, -0.2) is 11.1 Å². The van der Waals surface area contributed by atoms with Crippen molar-refractivity contribution in [1.82, 2.24) is 0 Å². The number of fused-ring (bicyclic) bond motifs is 1. The Morgan fingerprint density at radius 1 is 1.36 bits per heavy atom. The first-order valence-corrected chi connectivity index (χ1v) is 4.61. The van der Waals surface area contributed by atoms with Gasteiger partial charge < -0.3 is 9.84 Å². The van der Waals surface area contributed by atoms with Crippen LogP contribution in [0.25, 0.3) is 0 Å². The van der Waals surface area contributed by atoms with Gasteiger partial charge in [0.2, 0.25) is 5.79 Å². The van der Waals surface area contributed by atoms with E-state index in [-0.39, 0.29) is 5.92 Å². The highest BCUT2D eigenvalue weighted by atomic mass is 16.7. The van der Waals surface area contributed by atoms with Crippen molar-refractivity contribution in [2.45, 2.75) is 19.6 Å². The molecule has 1 aromatic carbocycles. The Morgan fingerprint density at radius 3 is 2.64 bits per heavy atom. The molecule has 0 radical (unpaired) electrons. The van der Waals surface area contributed by atoms with E-state index in [4.69, 9.17) is 4.74 Å². The molecule has 0 saturated heterocycles. The largest absolute Gasteiger partial charge is 0.425 e. The van der Waals surface area contributed by atoms with Crippen LogP contribution in [0.4, 0.5) is 0 Å². The summed E-state index contributed by atoms with van der Waals surface area (Å²) in [6, 6.07) is 6.93. The van der Waals surface area contributed by atoms with Gasteiger partial charge in [0.1, 0.15) is 0 Å². The van der Waals surface area contributed by atoms with Gasteiger partial charge in [0.25, 0.3) is 0 Å². The number of aliphatic hydroxyl groups is 1. The Kier molecular flexibility index (Phi) is 1.86. The minimum atomic E-state index is -1.45. The van der Waals surface area contributed by atoms with Crippen LogP contribution in [0.1, 0.15) is 29.8 Å². The maximum Gasteiger partial charge on any atom is 0.341 e. The fourth-order valence-electron chi connectivity index (χ4n) is 1.65. The topological polar surface area (TPSA) is 46.5 Å². The Hall–Kier alpha value is -1.35. The molecule has 0 aliphatic carbocycles. The molecular weight excluding hydrogens is 180 g/mol. The van der Waals surface area contributed by atoms with Gasteiger partial charge in [-0.2, -0.15) is 0 Å². The lowest BCUT2D eigenvalue weighted by Gasteiger charge is -2.26. The van der Waals surface area contributed by atoms with Crippen LogP contribution in [0.5, 0.6) is 0 Å². The van der Waals surface area contributed by atoms with Crippen molar-refractivity contribution in [3.63, 3.8) is 0 Å². The summed E-state index contributed by atoms with van der Waals surface area (Å²) in [7, 11) is 0. The second-order valence-electron chi connectivity index (χ2n) is 3.79. The molecule has 1 aliphatic heterocycles. The molecule has 1 N–H and O–H groups in total. The molecule has 74 valence electrons. The van der Waals surface area contributed by atoms with E-state index in [0.29, 0.717) is 11.1 Å². The van der Waals surface area contributed by atoms with Gasteiger partial charge >= 0.3 is 5.97 Å². The van der Waals surface area contributed by atoms with Gasteiger partial charge in [0.15, 0.2) is 0 Å². The first-order valence-electron chi connectivity index (χ1n) is 4.61. The van der Waals surface area contributed by atoms with Crippen LogP contribution >= 0.6 is 0 Å². The number of cyclic esters (lactones) is 1. The van der Waals surface area contributed by atoms with E-state index in [1.54, 1.807) is 24.3 Å². The first-order chi connectivity index (χ1) is 6.55. The molecule has 1 heterocycles. The van der Waals surface area contributed by atoms with E-state index >= 15 is 0 Å². The van der Waals surface area contributed by atoms with Crippen molar-refractivity contribution in [1.29, 1.82) is 0 Å². The molecule has 0 bridgehead atoms. The summed E-state index contributed by atoms with van der Waals surface area (Å²) in [6.07, 6.45) is 0. The van der Waals surface area contributed by atoms with Crippen molar-refractivity contribution >= 4 is 5.97 Å². The first kappa shape index (κ1) is 9.21. The lowest BCUT2D eigenvalue weighted by atomic mass is 9.93. The zero-order valence-corrected chi connectivity index (χ0v) is 8.15. The molecule has 3 nitrogen and oxygen atoms in total. The van der Waals surface area contributed by atoms with Gasteiger partial charge in [-0.25, -0.2) is 4.79 Å². The molecule has 0 amide bonds. The van der Waals surface area contributed by atoms with Gasteiger partial charge in [-0.15, -0.1) is 0 Å². The van der Waals surface area contributed by atoms with E-state index in [9.17, 15) is 9.90 Å². The molecule has 3 heteroatoms. The van der Waals surface area contributed by atoms with Crippen LogP contribution in [0.3, 0.4) is 0 Å². The summed E-state index contributed by atoms with van der Waals surface area (Å²) in [6.45, 7) is 3.63. The Labute approximate surface area is 82.3 Å². The van der Waals surface area contributed by atoms with Gasteiger partial charge in [0, 0.05) is 11.5 Å². The third-order valence-corrected chi connectivity index (χ3v) is 2.56. The molecule has 1 atom stereocenters. The normalized spacial score (nSPS) is 25.0. The molecule has 1 aliphatic rings. The van der Waals surface area contributed by atoms with Crippen LogP contribution in [-0.2, 0) is 10.5 Å². The fraction of sp³-hybridized carbons (Fsp3) is 0.364. The molecule has 0 saturated carbocycles. The molecule has 0 unspecified atom stereocenters. The monoisotopic (exact) mass is 192 g/mol. The highest BCUT2D eigenvalue weighted by molar-refractivity contribution is 5.94. The third kappa shape index (κ3) is 1.06. The Bertz CT molecular complexity index is 384. The van der Waals surface area contributed by atoms with Gasteiger partial charge in [0.05, 0.1) is 5.56 Å². The van der Waals surface area contributed by atoms with Gasteiger partial charge in [-0.1, -0.05) is 32.0 Å². The summed E-state index contributed by atoms with van der Waals surface area (Å²) < 4.78 is 5.00. The SMILES string of the molecule is CC(C)[C@]1(O)OC(=O)c2ccccc21. The van der Waals surface area contributed by atoms with E-state index in [1.807, 2.05) is 13.8 Å². The third-order valence-electron chi connectivity index (χ3n) is 2.56. The van der Waals surface area contributed by atoms with Crippen molar-refractivity contribution in [2.24, 2.45) is 5.92 Å². The summed E-state index contributed by atoms with van der Waals surface area (Å²) in [5, 5.41) is 10.1. The summed E-state index contributed by atoms with van der Waals surface area (Å²) in [4.78, 5) is 11.4. The van der Waals surface area contributed by atoms with E-state index in [1.165, 1.54) is 0 Å². The van der Waals surface area contributed by atoms with Crippen LogP contribution in [0.2, 0.25) is 0 Å². The average molecular weight is 192 g/mol. The van der Waals surface area contributed by atoms with Crippen molar-refractivity contribution in [2.75, 3.05) is 0 Å². The molecule has 0 aromatic heterocycles. The van der Waals surface area contributed by atoms with Crippen LogP contribution in [0, 0.1) is 5.92 Å². The lowest BCUT2D eigenvalue weighted by Crippen LogP contribution is -2.31. The molecule has 0 fully saturated rings. The summed E-state index contributed by atoms with van der Waals surface area (Å²) in [5.41, 5.74) is 1.03. The average Bonchev–Trinajstić information content (AvgIpc) is 2.42. The smallest absolute Gasteiger partial charge is 0.341 e. The maximum atomic E-state index is 11.4. The molecule has 1 aromatic rings. The second kappa shape index (κ2) is 2.82.